The average molecular weight is 344 g/mol. The van der Waals surface area contributed by atoms with Gasteiger partial charge in [-0.3, -0.25) is 14.3 Å². The molecule has 3 heterocycles. The molecule has 0 bridgehead atoms. The summed E-state index contributed by atoms with van der Waals surface area (Å²) in [6, 6.07) is 2.51. The number of likely N-dealkylation sites (tertiary alicyclic amines) is 2. The lowest BCUT2D eigenvalue weighted by Crippen LogP contribution is -2.49. The summed E-state index contributed by atoms with van der Waals surface area (Å²) in [5, 5.41) is 4.29. The van der Waals surface area contributed by atoms with Crippen LogP contribution < -0.4 is 0 Å². The highest BCUT2D eigenvalue weighted by molar-refractivity contribution is 5.89. The summed E-state index contributed by atoms with van der Waals surface area (Å²) in [5.41, 5.74) is 0. The molecular weight excluding hydrogens is 316 g/mol. The number of amides is 2. The zero-order chi connectivity index (χ0) is 17.2. The third-order valence-corrected chi connectivity index (χ3v) is 6.14. The molecular formula is C19H28N4O2. The second-order valence-electron chi connectivity index (χ2n) is 7.79. The Kier molecular flexibility index (Phi) is 4.77. The fourth-order valence-corrected chi connectivity index (χ4v) is 4.81. The molecule has 0 radical (unpaired) electrons. The summed E-state index contributed by atoms with van der Waals surface area (Å²) in [7, 11) is 0. The third kappa shape index (κ3) is 3.44. The van der Waals surface area contributed by atoms with Gasteiger partial charge in [-0.05, 0) is 38.2 Å². The van der Waals surface area contributed by atoms with E-state index in [-0.39, 0.29) is 23.8 Å². The number of piperidine rings is 1. The third-order valence-electron chi connectivity index (χ3n) is 6.14. The first-order valence-corrected chi connectivity index (χ1v) is 9.80. The van der Waals surface area contributed by atoms with Gasteiger partial charge in [0.15, 0.2) is 0 Å². The molecule has 1 aliphatic carbocycles. The number of rotatable bonds is 4. The molecule has 6 heteroatoms. The molecule has 2 saturated heterocycles. The van der Waals surface area contributed by atoms with Gasteiger partial charge in [0.1, 0.15) is 0 Å². The Balaban J connectivity index is 1.42. The summed E-state index contributed by atoms with van der Waals surface area (Å²) in [6.07, 6.45) is 12.0. The van der Waals surface area contributed by atoms with Crippen molar-refractivity contribution in [2.24, 2.45) is 5.92 Å². The van der Waals surface area contributed by atoms with Crippen molar-refractivity contribution < 1.29 is 9.59 Å². The Morgan fingerprint density at radius 1 is 1.16 bits per heavy atom. The molecule has 3 fully saturated rings. The first-order chi connectivity index (χ1) is 12.2. The summed E-state index contributed by atoms with van der Waals surface area (Å²) in [6.45, 7) is 2.21. The zero-order valence-electron chi connectivity index (χ0n) is 14.8. The lowest BCUT2D eigenvalue weighted by atomic mass is 9.98. The Labute approximate surface area is 149 Å². The lowest BCUT2D eigenvalue weighted by Gasteiger charge is -2.37. The van der Waals surface area contributed by atoms with E-state index in [0.29, 0.717) is 19.0 Å². The lowest BCUT2D eigenvalue weighted by molar-refractivity contribution is -0.139. The minimum absolute atomic E-state index is 0.147. The fourth-order valence-electron chi connectivity index (χ4n) is 4.81. The maximum atomic E-state index is 13.2. The first-order valence-electron chi connectivity index (χ1n) is 9.80. The maximum Gasteiger partial charge on any atom is 0.228 e. The molecule has 4 rings (SSSR count). The van der Waals surface area contributed by atoms with Crippen LogP contribution >= 0.6 is 0 Å². The van der Waals surface area contributed by atoms with Crippen molar-refractivity contribution in [2.75, 3.05) is 13.1 Å². The molecule has 2 atom stereocenters. The van der Waals surface area contributed by atoms with Gasteiger partial charge in [-0.15, -0.1) is 0 Å². The van der Waals surface area contributed by atoms with Crippen LogP contribution in [0.25, 0.3) is 0 Å². The number of hydrogen-bond acceptors (Lipinski definition) is 3. The van der Waals surface area contributed by atoms with Crippen molar-refractivity contribution in [1.29, 1.82) is 0 Å². The molecule has 136 valence electrons. The Morgan fingerprint density at radius 2 is 1.96 bits per heavy atom. The summed E-state index contributed by atoms with van der Waals surface area (Å²) in [4.78, 5) is 29.6. The van der Waals surface area contributed by atoms with Crippen LogP contribution in [0, 0.1) is 5.92 Å². The van der Waals surface area contributed by atoms with Gasteiger partial charge in [-0.1, -0.05) is 12.8 Å². The van der Waals surface area contributed by atoms with E-state index >= 15 is 0 Å². The average Bonchev–Trinajstić information content (AvgIpc) is 3.36. The minimum Gasteiger partial charge on any atom is -0.339 e. The van der Waals surface area contributed by atoms with Crippen LogP contribution in [0.3, 0.4) is 0 Å². The molecule has 0 aromatic carbocycles. The van der Waals surface area contributed by atoms with Gasteiger partial charge in [0.2, 0.25) is 11.8 Å². The van der Waals surface area contributed by atoms with Gasteiger partial charge in [0.25, 0.3) is 0 Å². The van der Waals surface area contributed by atoms with E-state index in [2.05, 4.69) is 5.10 Å². The first kappa shape index (κ1) is 16.6. The number of carbonyl (C=O) groups excluding carboxylic acids is 2. The largest absolute Gasteiger partial charge is 0.339 e. The SMILES string of the molecule is O=C1CC(C(=O)N2CCCCC2Cn2cccn2)CN1C1CCCC1. The highest BCUT2D eigenvalue weighted by atomic mass is 16.2. The Morgan fingerprint density at radius 3 is 2.72 bits per heavy atom. The van der Waals surface area contributed by atoms with E-state index in [4.69, 9.17) is 0 Å². The quantitative estimate of drug-likeness (QED) is 0.840. The van der Waals surface area contributed by atoms with Crippen molar-refractivity contribution in [1.82, 2.24) is 19.6 Å². The van der Waals surface area contributed by atoms with Crippen molar-refractivity contribution >= 4 is 11.8 Å². The van der Waals surface area contributed by atoms with E-state index in [1.165, 1.54) is 12.8 Å². The minimum atomic E-state index is -0.147. The molecule has 1 aromatic rings. The molecule has 0 N–H and O–H groups in total. The van der Waals surface area contributed by atoms with Crippen molar-refractivity contribution in [3.05, 3.63) is 18.5 Å². The number of hydrogen-bond donors (Lipinski definition) is 0. The second-order valence-corrected chi connectivity index (χ2v) is 7.79. The summed E-state index contributed by atoms with van der Waals surface area (Å²) < 4.78 is 1.92. The van der Waals surface area contributed by atoms with Gasteiger partial charge in [0, 0.05) is 37.9 Å². The van der Waals surface area contributed by atoms with Gasteiger partial charge >= 0.3 is 0 Å². The maximum absolute atomic E-state index is 13.2. The van der Waals surface area contributed by atoms with Crippen molar-refractivity contribution in [3.63, 3.8) is 0 Å². The van der Waals surface area contributed by atoms with Gasteiger partial charge in [0.05, 0.1) is 18.5 Å². The highest BCUT2D eigenvalue weighted by Gasteiger charge is 2.41. The summed E-state index contributed by atoms with van der Waals surface area (Å²) >= 11 is 0. The zero-order valence-corrected chi connectivity index (χ0v) is 14.8. The molecule has 2 unspecified atom stereocenters. The molecule has 2 aliphatic heterocycles. The van der Waals surface area contributed by atoms with Gasteiger partial charge < -0.3 is 9.80 Å². The van der Waals surface area contributed by atoms with E-state index in [0.717, 1.165) is 45.2 Å². The molecule has 6 nitrogen and oxygen atoms in total. The number of carbonyl (C=O) groups is 2. The predicted octanol–water partition coefficient (Wildman–Crippen LogP) is 2.06. The molecule has 2 amide bonds. The Hall–Kier alpha value is -1.85. The van der Waals surface area contributed by atoms with Crippen LogP contribution in [0.4, 0.5) is 0 Å². The molecule has 25 heavy (non-hydrogen) atoms. The van der Waals surface area contributed by atoms with Crippen LogP contribution in [0.5, 0.6) is 0 Å². The van der Waals surface area contributed by atoms with E-state index in [1.807, 2.05) is 26.7 Å². The number of nitrogens with zero attached hydrogens (tertiary/aromatic N) is 4. The van der Waals surface area contributed by atoms with Crippen LogP contribution in [0.15, 0.2) is 18.5 Å². The Bertz CT molecular complexity index is 609. The highest BCUT2D eigenvalue weighted by Crippen LogP contribution is 2.31. The number of aromatic nitrogens is 2. The normalized spacial score (nSPS) is 28.1. The standard InChI is InChI=1S/C19H28N4O2/c24-18-12-15(13-23(18)16-6-1-2-7-16)19(25)22-11-4-3-8-17(22)14-21-10-5-9-20-21/h5,9-10,15-17H,1-4,6-8,11-14H2. The topological polar surface area (TPSA) is 58.4 Å². The van der Waals surface area contributed by atoms with Crippen molar-refractivity contribution in [3.8, 4) is 0 Å². The van der Waals surface area contributed by atoms with E-state index in [1.54, 1.807) is 6.20 Å². The predicted molar refractivity (Wildman–Crippen MR) is 93.7 cm³/mol. The smallest absolute Gasteiger partial charge is 0.228 e. The molecule has 1 saturated carbocycles. The van der Waals surface area contributed by atoms with Crippen LogP contribution in [-0.2, 0) is 16.1 Å². The van der Waals surface area contributed by atoms with E-state index in [9.17, 15) is 9.59 Å². The molecule has 0 spiro atoms. The van der Waals surface area contributed by atoms with Crippen LogP contribution in [0.1, 0.15) is 51.4 Å². The van der Waals surface area contributed by atoms with Crippen LogP contribution in [-0.4, -0.2) is 56.6 Å². The van der Waals surface area contributed by atoms with Crippen LogP contribution in [0.2, 0.25) is 0 Å². The van der Waals surface area contributed by atoms with Gasteiger partial charge in [-0.2, -0.15) is 5.10 Å². The van der Waals surface area contributed by atoms with E-state index < -0.39 is 0 Å². The second kappa shape index (κ2) is 7.18. The molecule has 1 aromatic heterocycles. The van der Waals surface area contributed by atoms with Gasteiger partial charge in [-0.25, -0.2) is 0 Å². The van der Waals surface area contributed by atoms with Crippen molar-refractivity contribution in [2.45, 2.75) is 70.0 Å². The fraction of sp³-hybridized carbons (Fsp3) is 0.737. The summed E-state index contributed by atoms with van der Waals surface area (Å²) in [5.74, 6) is 0.225. The monoisotopic (exact) mass is 344 g/mol. The molecule has 3 aliphatic rings.